The number of aliphatic hydroxyl groups is 1. The molecule has 15 heavy (non-hydrogen) atoms. The number of hydrogen-bond donors (Lipinski definition) is 2. The Morgan fingerprint density at radius 1 is 1.33 bits per heavy atom. The first kappa shape index (κ1) is 12.9. The average Bonchev–Trinajstić information content (AvgIpc) is 2.58. The van der Waals surface area contributed by atoms with Crippen molar-refractivity contribution in [1.82, 2.24) is 5.32 Å². The van der Waals surface area contributed by atoms with Crippen molar-refractivity contribution in [1.29, 1.82) is 0 Å². The molecule has 0 atom stereocenters. The van der Waals surface area contributed by atoms with E-state index in [2.05, 4.69) is 19.2 Å². The second kappa shape index (κ2) is 6.46. The Morgan fingerprint density at radius 2 is 2.00 bits per heavy atom. The van der Waals surface area contributed by atoms with E-state index < -0.39 is 5.60 Å². The van der Waals surface area contributed by atoms with Crippen molar-refractivity contribution in [2.45, 2.75) is 57.6 Å². The van der Waals surface area contributed by atoms with Crippen molar-refractivity contribution < 1.29 is 9.84 Å². The monoisotopic (exact) mass is 215 g/mol. The fourth-order valence-electron chi connectivity index (χ4n) is 2.00. The van der Waals surface area contributed by atoms with Crippen LogP contribution < -0.4 is 5.32 Å². The van der Waals surface area contributed by atoms with E-state index in [9.17, 15) is 5.11 Å². The highest BCUT2D eigenvalue weighted by Gasteiger charge is 2.30. The van der Waals surface area contributed by atoms with Gasteiger partial charge in [0.1, 0.15) is 0 Å². The molecular formula is C12H25NO2. The van der Waals surface area contributed by atoms with Crippen LogP contribution in [0.1, 0.15) is 46.0 Å². The Kier molecular flexibility index (Phi) is 5.58. The van der Waals surface area contributed by atoms with Gasteiger partial charge in [-0.25, -0.2) is 0 Å². The van der Waals surface area contributed by atoms with Gasteiger partial charge in [0, 0.05) is 12.6 Å². The van der Waals surface area contributed by atoms with Crippen LogP contribution in [0.4, 0.5) is 0 Å². The lowest BCUT2D eigenvalue weighted by Gasteiger charge is -2.21. The molecule has 0 aromatic heterocycles. The molecule has 3 nitrogen and oxygen atoms in total. The molecule has 0 spiro atoms. The van der Waals surface area contributed by atoms with E-state index in [0.29, 0.717) is 12.6 Å². The molecule has 1 aliphatic carbocycles. The maximum absolute atomic E-state index is 10.00. The molecule has 0 aromatic rings. The van der Waals surface area contributed by atoms with Gasteiger partial charge in [-0.15, -0.1) is 0 Å². The van der Waals surface area contributed by atoms with Crippen LogP contribution in [0, 0.1) is 0 Å². The predicted octanol–water partition coefficient (Wildman–Crippen LogP) is 1.70. The van der Waals surface area contributed by atoms with Crippen LogP contribution >= 0.6 is 0 Å². The van der Waals surface area contributed by atoms with Gasteiger partial charge >= 0.3 is 0 Å². The molecule has 0 saturated heterocycles. The lowest BCUT2D eigenvalue weighted by atomic mass is 10.0. The molecular weight excluding hydrogens is 190 g/mol. The molecule has 0 bridgehead atoms. The number of nitrogens with one attached hydrogen (secondary N) is 1. The highest BCUT2D eigenvalue weighted by Crippen LogP contribution is 2.29. The summed E-state index contributed by atoms with van der Waals surface area (Å²) in [5.74, 6) is 0. The second-order valence-electron chi connectivity index (χ2n) is 4.95. The van der Waals surface area contributed by atoms with E-state index in [4.69, 9.17) is 4.74 Å². The van der Waals surface area contributed by atoms with Crippen molar-refractivity contribution in [2.75, 3.05) is 19.8 Å². The van der Waals surface area contributed by atoms with Gasteiger partial charge in [-0.3, -0.25) is 0 Å². The Balaban J connectivity index is 1.92. The van der Waals surface area contributed by atoms with Gasteiger partial charge in [-0.05, 0) is 25.8 Å². The van der Waals surface area contributed by atoms with Gasteiger partial charge in [-0.1, -0.05) is 26.7 Å². The molecule has 1 saturated carbocycles. The van der Waals surface area contributed by atoms with Gasteiger partial charge in [0.15, 0.2) is 0 Å². The minimum Gasteiger partial charge on any atom is -0.387 e. The Hall–Kier alpha value is -0.120. The third-order valence-corrected chi connectivity index (χ3v) is 2.92. The van der Waals surface area contributed by atoms with E-state index in [1.165, 1.54) is 0 Å². The minimum absolute atomic E-state index is 0.508. The van der Waals surface area contributed by atoms with Gasteiger partial charge in [0.05, 0.1) is 12.2 Å². The minimum atomic E-state index is -0.508. The van der Waals surface area contributed by atoms with E-state index in [1.807, 2.05) is 0 Å². The molecule has 1 rings (SSSR count). The molecule has 2 N–H and O–H groups in total. The van der Waals surface area contributed by atoms with E-state index in [1.54, 1.807) is 0 Å². The number of ether oxygens (including phenoxy) is 1. The molecule has 0 heterocycles. The highest BCUT2D eigenvalue weighted by atomic mass is 16.5. The van der Waals surface area contributed by atoms with Crippen molar-refractivity contribution in [3.63, 3.8) is 0 Å². The zero-order valence-corrected chi connectivity index (χ0v) is 10.1. The Bertz CT molecular complexity index is 165. The Morgan fingerprint density at radius 3 is 2.60 bits per heavy atom. The van der Waals surface area contributed by atoms with E-state index in [0.717, 1.165) is 45.3 Å². The van der Waals surface area contributed by atoms with Crippen LogP contribution in [0.2, 0.25) is 0 Å². The summed E-state index contributed by atoms with van der Waals surface area (Å²) in [6, 6.07) is 0.545. The molecule has 90 valence electrons. The fraction of sp³-hybridized carbons (Fsp3) is 1.00. The SMILES string of the molecule is CC(C)NCCCOCC1(O)CCCC1. The maximum Gasteiger partial charge on any atom is 0.0880 e. The van der Waals surface area contributed by atoms with Gasteiger partial charge in [0.2, 0.25) is 0 Å². The van der Waals surface area contributed by atoms with Crippen LogP contribution in [0.25, 0.3) is 0 Å². The normalized spacial score (nSPS) is 20.0. The summed E-state index contributed by atoms with van der Waals surface area (Å²) in [7, 11) is 0. The second-order valence-corrected chi connectivity index (χ2v) is 4.95. The fourth-order valence-corrected chi connectivity index (χ4v) is 2.00. The Labute approximate surface area is 93.2 Å². The van der Waals surface area contributed by atoms with Gasteiger partial charge in [-0.2, -0.15) is 0 Å². The van der Waals surface area contributed by atoms with E-state index in [-0.39, 0.29) is 0 Å². The lowest BCUT2D eigenvalue weighted by Crippen LogP contribution is -2.31. The largest absolute Gasteiger partial charge is 0.387 e. The molecule has 1 aliphatic rings. The molecule has 1 fully saturated rings. The summed E-state index contributed by atoms with van der Waals surface area (Å²) in [6.45, 7) is 6.55. The number of rotatable bonds is 7. The summed E-state index contributed by atoms with van der Waals surface area (Å²) in [5.41, 5.74) is -0.508. The molecule has 0 aromatic carbocycles. The third kappa shape index (κ3) is 5.50. The average molecular weight is 215 g/mol. The standard InChI is InChI=1S/C12H25NO2/c1-11(2)13-8-5-9-15-10-12(14)6-3-4-7-12/h11,13-14H,3-10H2,1-2H3. The molecule has 0 radical (unpaired) electrons. The molecule has 0 aliphatic heterocycles. The first-order valence-corrected chi connectivity index (χ1v) is 6.16. The molecule has 0 amide bonds. The summed E-state index contributed by atoms with van der Waals surface area (Å²) < 4.78 is 5.51. The van der Waals surface area contributed by atoms with Gasteiger partial charge < -0.3 is 15.2 Å². The molecule has 3 heteroatoms. The maximum atomic E-state index is 10.00. The van der Waals surface area contributed by atoms with Crippen LogP contribution in [-0.2, 0) is 4.74 Å². The van der Waals surface area contributed by atoms with E-state index >= 15 is 0 Å². The first-order chi connectivity index (χ1) is 7.12. The third-order valence-electron chi connectivity index (χ3n) is 2.92. The quantitative estimate of drug-likeness (QED) is 0.635. The summed E-state index contributed by atoms with van der Waals surface area (Å²) in [5, 5.41) is 13.3. The topological polar surface area (TPSA) is 41.5 Å². The molecule has 0 unspecified atom stereocenters. The summed E-state index contributed by atoms with van der Waals surface area (Å²) >= 11 is 0. The zero-order valence-electron chi connectivity index (χ0n) is 10.1. The highest BCUT2D eigenvalue weighted by molar-refractivity contribution is 4.83. The number of hydrogen-bond acceptors (Lipinski definition) is 3. The van der Waals surface area contributed by atoms with Crippen LogP contribution in [0.15, 0.2) is 0 Å². The van der Waals surface area contributed by atoms with Crippen molar-refractivity contribution >= 4 is 0 Å². The first-order valence-electron chi connectivity index (χ1n) is 6.16. The van der Waals surface area contributed by atoms with Crippen molar-refractivity contribution in [3.05, 3.63) is 0 Å². The van der Waals surface area contributed by atoms with Crippen molar-refractivity contribution in [2.24, 2.45) is 0 Å². The van der Waals surface area contributed by atoms with Gasteiger partial charge in [0.25, 0.3) is 0 Å². The smallest absolute Gasteiger partial charge is 0.0880 e. The zero-order chi connectivity index (χ0) is 11.1. The van der Waals surface area contributed by atoms with Crippen LogP contribution in [0.3, 0.4) is 0 Å². The van der Waals surface area contributed by atoms with Crippen LogP contribution in [0.5, 0.6) is 0 Å². The lowest BCUT2D eigenvalue weighted by molar-refractivity contribution is -0.0416. The summed E-state index contributed by atoms with van der Waals surface area (Å²) in [4.78, 5) is 0. The van der Waals surface area contributed by atoms with Crippen LogP contribution in [-0.4, -0.2) is 36.5 Å². The van der Waals surface area contributed by atoms with Crippen molar-refractivity contribution in [3.8, 4) is 0 Å². The summed E-state index contributed by atoms with van der Waals surface area (Å²) in [6.07, 6.45) is 5.15. The predicted molar refractivity (Wildman–Crippen MR) is 62.0 cm³/mol.